The van der Waals surface area contributed by atoms with Gasteiger partial charge in [-0.25, -0.2) is 0 Å². The summed E-state index contributed by atoms with van der Waals surface area (Å²) in [6.45, 7) is 10.2. The lowest BCUT2D eigenvalue weighted by Crippen LogP contribution is -2.14. The zero-order valence-corrected chi connectivity index (χ0v) is 11.6. The summed E-state index contributed by atoms with van der Waals surface area (Å²) in [5.74, 6) is 0.929. The zero-order chi connectivity index (χ0) is 13.2. The van der Waals surface area contributed by atoms with E-state index >= 15 is 0 Å². The number of benzene rings is 1. The van der Waals surface area contributed by atoms with Crippen molar-refractivity contribution in [3.05, 3.63) is 28.3 Å². The molecule has 0 amide bonds. The predicted octanol–water partition coefficient (Wildman–Crippen LogP) is 3.71. The van der Waals surface area contributed by atoms with Gasteiger partial charge in [0.05, 0.1) is 18.6 Å². The van der Waals surface area contributed by atoms with Crippen molar-refractivity contribution >= 4 is 0 Å². The van der Waals surface area contributed by atoms with E-state index < -0.39 is 0 Å². The Morgan fingerprint density at radius 1 is 1.24 bits per heavy atom. The molecular weight excluding hydrogens is 210 g/mol. The van der Waals surface area contributed by atoms with Crippen molar-refractivity contribution in [2.75, 3.05) is 7.11 Å². The van der Waals surface area contributed by atoms with Gasteiger partial charge in [0.15, 0.2) is 0 Å². The number of rotatable bonds is 3. The molecule has 0 atom stereocenters. The second-order valence-corrected chi connectivity index (χ2v) is 5.30. The number of methoxy groups -OCH3 is 1. The Morgan fingerprint density at radius 2 is 1.82 bits per heavy atom. The van der Waals surface area contributed by atoms with E-state index in [9.17, 15) is 0 Å². The molecule has 0 aliphatic heterocycles. The van der Waals surface area contributed by atoms with Crippen LogP contribution in [0.4, 0.5) is 0 Å². The Kier molecular flexibility index (Phi) is 3.83. The van der Waals surface area contributed by atoms with Crippen LogP contribution in [0.25, 0.3) is 0 Å². The Hall–Kier alpha value is -1.49. The van der Waals surface area contributed by atoms with E-state index in [0.29, 0.717) is 0 Å². The summed E-state index contributed by atoms with van der Waals surface area (Å²) in [6, 6.07) is 4.42. The third-order valence-corrected chi connectivity index (χ3v) is 3.35. The van der Waals surface area contributed by atoms with Crippen LogP contribution in [0.5, 0.6) is 5.75 Å². The molecule has 0 aliphatic rings. The molecule has 0 saturated carbocycles. The van der Waals surface area contributed by atoms with Crippen LogP contribution in [0.1, 0.15) is 36.1 Å². The zero-order valence-electron chi connectivity index (χ0n) is 11.6. The standard InChI is InChI=1S/C15H21NO/c1-10-7-14(17-6)12(3)11(2)13(10)8-15(4,5)9-16/h7H,8H2,1-6H3. The Balaban J connectivity index is 3.28. The molecule has 0 saturated heterocycles. The van der Waals surface area contributed by atoms with E-state index in [1.54, 1.807) is 7.11 Å². The molecule has 2 heteroatoms. The minimum absolute atomic E-state index is 0.323. The molecule has 1 aromatic carbocycles. The lowest BCUT2D eigenvalue weighted by molar-refractivity contribution is 0.410. The Labute approximate surface area is 104 Å². The highest BCUT2D eigenvalue weighted by Gasteiger charge is 2.21. The van der Waals surface area contributed by atoms with Gasteiger partial charge in [-0.15, -0.1) is 0 Å². The van der Waals surface area contributed by atoms with E-state index in [1.807, 2.05) is 13.8 Å². The molecule has 0 aromatic heterocycles. The van der Waals surface area contributed by atoms with Crippen LogP contribution in [-0.4, -0.2) is 7.11 Å². The van der Waals surface area contributed by atoms with Gasteiger partial charge in [-0.1, -0.05) is 0 Å². The lowest BCUT2D eigenvalue weighted by Gasteiger charge is -2.21. The number of nitriles is 1. The first-order valence-electron chi connectivity index (χ1n) is 5.87. The summed E-state index contributed by atoms with van der Waals surface area (Å²) < 4.78 is 5.35. The van der Waals surface area contributed by atoms with Crippen molar-refractivity contribution in [3.63, 3.8) is 0 Å². The molecular formula is C15H21NO. The highest BCUT2D eigenvalue weighted by molar-refractivity contribution is 5.48. The average Bonchev–Trinajstić information content (AvgIpc) is 2.29. The first-order valence-corrected chi connectivity index (χ1v) is 5.87. The average molecular weight is 231 g/mol. The van der Waals surface area contributed by atoms with Gasteiger partial charge in [0, 0.05) is 0 Å². The maximum atomic E-state index is 9.13. The van der Waals surface area contributed by atoms with Crippen molar-refractivity contribution in [2.45, 2.75) is 41.0 Å². The normalized spacial score (nSPS) is 11.1. The Bertz CT molecular complexity index is 467. The number of aryl methyl sites for hydroxylation is 1. The van der Waals surface area contributed by atoms with Crippen LogP contribution in [0, 0.1) is 37.5 Å². The van der Waals surface area contributed by atoms with Crippen molar-refractivity contribution in [3.8, 4) is 11.8 Å². The summed E-state index contributed by atoms with van der Waals surface area (Å²) in [7, 11) is 1.69. The molecule has 0 spiro atoms. The van der Waals surface area contributed by atoms with Crippen LogP contribution in [-0.2, 0) is 6.42 Å². The van der Waals surface area contributed by atoms with Crippen LogP contribution in [0.3, 0.4) is 0 Å². The third kappa shape index (κ3) is 2.79. The fourth-order valence-electron chi connectivity index (χ4n) is 2.06. The quantitative estimate of drug-likeness (QED) is 0.794. The number of nitrogens with zero attached hydrogens (tertiary/aromatic N) is 1. The summed E-state index contributed by atoms with van der Waals surface area (Å²) in [4.78, 5) is 0. The molecule has 0 fully saturated rings. The fourth-order valence-corrected chi connectivity index (χ4v) is 2.06. The third-order valence-electron chi connectivity index (χ3n) is 3.35. The predicted molar refractivity (Wildman–Crippen MR) is 70.3 cm³/mol. The van der Waals surface area contributed by atoms with E-state index in [-0.39, 0.29) is 5.41 Å². The van der Waals surface area contributed by atoms with Crippen molar-refractivity contribution in [2.24, 2.45) is 5.41 Å². The van der Waals surface area contributed by atoms with Gasteiger partial charge in [0.2, 0.25) is 0 Å². The van der Waals surface area contributed by atoms with Crippen molar-refractivity contribution in [1.82, 2.24) is 0 Å². The second kappa shape index (κ2) is 4.79. The minimum atomic E-state index is -0.323. The molecule has 1 aromatic rings. The van der Waals surface area contributed by atoms with Gasteiger partial charge in [0.1, 0.15) is 5.75 Å². The van der Waals surface area contributed by atoms with E-state index in [2.05, 4.69) is 32.9 Å². The molecule has 0 heterocycles. The summed E-state index contributed by atoms with van der Waals surface area (Å²) in [6.07, 6.45) is 0.784. The van der Waals surface area contributed by atoms with Crippen LogP contribution >= 0.6 is 0 Å². The van der Waals surface area contributed by atoms with Gasteiger partial charge in [0.25, 0.3) is 0 Å². The van der Waals surface area contributed by atoms with Gasteiger partial charge in [-0.3, -0.25) is 0 Å². The van der Waals surface area contributed by atoms with Gasteiger partial charge in [-0.05, 0) is 69.4 Å². The van der Waals surface area contributed by atoms with Gasteiger partial charge in [-0.2, -0.15) is 5.26 Å². The lowest BCUT2D eigenvalue weighted by atomic mass is 9.83. The van der Waals surface area contributed by atoms with Crippen LogP contribution in [0.15, 0.2) is 6.07 Å². The van der Waals surface area contributed by atoms with E-state index in [0.717, 1.165) is 12.2 Å². The van der Waals surface area contributed by atoms with Crippen molar-refractivity contribution in [1.29, 1.82) is 5.26 Å². The smallest absolute Gasteiger partial charge is 0.122 e. The SMILES string of the molecule is COc1cc(C)c(CC(C)(C)C#N)c(C)c1C. The minimum Gasteiger partial charge on any atom is -0.496 e. The number of hydrogen-bond acceptors (Lipinski definition) is 2. The first kappa shape index (κ1) is 13.6. The summed E-state index contributed by atoms with van der Waals surface area (Å²) >= 11 is 0. The molecule has 0 N–H and O–H groups in total. The van der Waals surface area contributed by atoms with E-state index in [4.69, 9.17) is 10.00 Å². The molecule has 0 aliphatic carbocycles. The van der Waals surface area contributed by atoms with Gasteiger partial charge < -0.3 is 4.74 Å². The van der Waals surface area contributed by atoms with E-state index in [1.165, 1.54) is 22.3 Å². The molecule has 17 heavy (non-hydrogen) atoms. The molecule has 0 unspecified atom stereocenters. The topological polar surface area (TPSA) is 33.0 Å². The number of ether oxygens (including phenoxy) is 1. The first-order chi connectivity index (χ1) is 7.82. The molecule has 2 nitrogen and oxygen atoms in total. The molecule has 1 rings (SSSR count). The van der Waals surface area contributed by atoms with Crippen molar-refractivity contribution < 1.29 is 4.74 Å². The monoisotopic (exact) mass is 231 g/mol. The van der Waals surface area contributed by atoms with Crippen LogP contribution < -0.4 is 4.74 Å². The summed E-state index contributed by atoms with van der Waals surface area (Å²) in [5.41, 5.74) is 4.56. The molecule has 92 valence electrons. The van der Waals surface area contributed by atoms with Gasteiger partial charge >= 0.3 is 0 Å². The summed E-state index contributed by atoms with van der Waals surface area (Å²) in [5, 5.41) is 9.13. The largest absolute Gasteiger partial charge is 0.496 e. The second-order valence-electron chi connectivity index (χ2n) is 5.30. The maximum absolute atomic E-state index is 9.13. The maximum Gasteiger partial charge on any atom is 0.122 e. The number of hydrogen-bond donors (Lipinski definition) is 0. The fraction of sp³-hybridized carbons (Fsp3) is 0.533. The highest BCUT2D eigenvalue weighted by atomic mass is 16.5. The molecule has 0 radical (unpaired) electrons. The van der Waals surface area contributed by atoms with Crippen LogP contribution in [0.2, 0.25) is 0 Å². The Morgan fingerprint density at radius 3 is 2.29 bits per heavy atom. The highest BCUT2D eigenvalue weighted by Crippen LogP contribution is 2.31. The molecule has 0 bridgehead atoms.